The lowest BCUT2D eigenvalue weighted by Crippen LogP contribution is -2.04. The standard InChI is InChI=1S/C24H28I2O4/c25-21-13-9-19(10-14-21)17-29-23(27)7-5-3-1-2-4-6-8-24(28)30-18-20-11-15-22(26)16-12-20/h9-16H,1-8,17-18H2. The average Bonchev–Trinajstić information content (AvgIpc) is 2.74. The van der Waals surface area contributed by atoms with E-state index >= 15 is 0 Å². The highest BCUT2D eigenvalue weighted by Crippen LogP contribution is 2.12. The summed E-state index contributed by atoms with van der Waals surface area (Å²) in [7, 11) is 0. The van der Waals surface area contributed by atoms with Crippen LogP contribution >= 0.6 is 45.2 Å². The Kier molecular flexibility index (Phi) is 12.4. The van der Waals surface area contributed by atoms with Crippen molar-refractivity contribution in [1.82, 2.24) is 0 Å². The second kappa shape index (κ2) is 14.8. The number of unbranched alkanes of at least 4 members (excludes halogenated alkanes) is 5. The van der Waals surface area contributed by atoms with Crippen molar-refractivity contribution in [1.29, 1.82) is 0 Å². The minimum absolute atomic E-state index is 0.135. The number of esters is 2. The first kappa shape index (κ1) is 25.1. The van der Waals surface area contributed by atoms with Crippen molar-refractivity contribution in [3.63, 3.8) is 0 Å². The van der Waals surface area contributed by atoms with Gasteiger partial charge in [0.25, 0.3) is 0 Å². The van der Waals surface area contributed by atoms with Gasteiger partial charge in [0.2, 0.25) is 0 Å². The third-order valence-corrected chi connectivity index (χ3v) is 6.08. The number of rotatable bonds is 13. The van der Waals surface area contributed by atoms with Gasteiger partial charge in [-0.1, -0.05) is 49.9 Å². The summed E-state index contributed by atoms with van der Waals surface area (Å²) in [6.45, 7) is 0.685. The number of hydrogen-bond acceptors (Lipinski definition) is 4. The second-order valence-electron chi connectivity index (χ2n) is 7.20. The fraction of sp³-hybridized carbons (Fsp3) is 0.417. The quantitative estimate of drug-likeness (QED) is 0.138. The lowest BCUT2D eigenvalue weighted by molar-refractivity contribution is -0.146. The summed E-state index contributed by atoms with van der Waals surface area (Å²) >= 11 is 4.50. The van der Waals surface area contributed by atoms with Crippen LogP contribution in [0.25, 0.3) is 0 Å². The van der Waals surface area contributed by atoms with Gasteiger partial charge >= 0.3 is 11.9 Å². The summed E-state index contributed by atoms with van der Waals surface area (Å²) in [5.74, 6) is -0.270. The van der Waals surface area contributed by atoms with E-state index in [2.05, 4.69) is 45.2 Å². The molecule has 0 aromatic heterocycles. The van der Waals surface area contributed by atoms with E-state index in [9.17, 15) is 9.59 Å². The highest BCUT2D eigenvalue weighted by molar-refractivity contribution is 14.1. The summed E-state index contributed by atoms with van der Waals surface area (Å²) in [6, 6.07) is 15.9. The Morgan fingerprint density at radius 2 is 0.900 bits per heavy atom. The maximum absolute atomic E-state index is 11.8. The number of benzene rings is 2. The van der Waals surface area contributed by atoms with E-state index in [4.69, 9.17) is 9.47 Å². The Morgan fingerprint density at radius 3 is 1.27 bits per heavy atom. The molecule has 2 aromatic carbocycles. The molecule has 0 unspecified atom stereocenters. The molecule has 0 bridgehead atoms. The topological polar surface area (TPSA) is 52.6 Å². The van der Waals surface area contributed by atoms with Crippen LogP contribution in [0.3, 0.4) is 0 Å². The first-order valence-electron chi connectivity index (χ1n) is 10.3. The molecular weight excluding hydrogens is 606 g/mol. The van der Waals surface area contributed by atoms with E-state index in [0.717, 1.165) is 49.7 Å². The number of ether oxygens (including phenoxy) is 2. The number of halogens is 2. The van der Waals surface area contributed by atoms with Crippen molar-refractivity contribution in [2.75, 3.05) is 0 Å². The first-order chi connectivity index (χ1) is 14.5. The van der Waals surface area contributed by atoms with E-state index in [1.165, 1.54) is 7.14 Å². The van der Waals surface area contributed by atoms with Crippen LogP contribution in [0.4, 0.5) is 0 Å². The van der Waals surface area contributed by atoms with Crippen LogP contribution in [0.1, 0.15) is 62.5 Å². The Hall–Kier alpha value is -1.16. The average molecular weight is 634 g/mol. The Morgan fingerprint density at radius 1 is 0.567 bits per heavy atom. The van der Waals surface area contributed by atoms with Crippen LogP contribution in [0.15, 0.2) is 48.5 Å². The predicted octanol–water partition coefficient (Wildman–Crippen LogP) is 6.80. The molecule has 0 spiro atoms. The van der Waals surface area contributed by atoms with Gasteiger partial charge in [0.05, 0.1) is 0 Å². The lowest BCUT2D eigenvalue weighted by atomic mass is 10.1. The molecule has 30 heavy (non-hydrogen) atoms. The summed E-state index contributed by atoms with van der Waals surface area (Å²) in [5.41, 5.74) is 2.03. The van der Waals surface area contributed by atoms with Crippen molar-refractivity contribution in [3.05, 3.63) is 66.8 Å². The van der Waals surface area contributed by atoms with Gasteiger partial charge in [-0.25, -0.2) is 0 Å². The third kappa shape index (κ3) is 11.3. The monoisotopic (exact) mass is 634 g/mol. The molecule has 0 radical (unpaired) electrons. The molecular formula is C24H28I2O4. The Labute approximate surface area is 206 Å². The fourth-order valence-electron chi connectivity index (χ4n) is 2.88. The Balaban J connectivity index is 1.41. The normalized spacial score (nSPS) is 10.6. The van der Waals surface area contributed by atoms with Gasteiger partial charge in [-0.2, -0.15) is 0 Å². The van der Waals surface area contributed by atoms with Gasteiger partial charge in [0.1, 0.15) is 13.2 Å². The van der Waals surface area contributed by atoms with E-state index < -0.39 is 0 Å². The van der Waals surface area contributed by atoms with E-state index in [0.29, 0.717) is 26.1 Å². The van der Waals surface area contributed by atoms with Crippen LogP contribution < -0.4 is 0 Å². The molecule has 0 fully saturated rings. The maximum atomic E-state index is 11.8. The first-order valence-corrected chi connectivity index (χ1v) is 12.5. The molecule has 2 rings (SSSR count). The Bertz CT molecular complexity index is 705. The molecule has 2 aromatic rings. The van der Waals surface area contributed by atoms with Crippen molar-refractivity contribution >= 4 is 57.1 Å². The molecule has 0 N–H and O–H groups in total. The molecule has 0 saturated carbocycles. The predicted molar refractivity (Wildman–Crippen MR) is 135 cm³/mol. The zero-order chi connectivity index (χ0) is 21.6. The molecule has 162 valence electrons. The summed E-state index contributed by atoms with van der Waals surface area (Å²) in [4.78, 5) is 23.6. The molecule has 0 amide bonds. The maximum Gasteiger partial charge on any atom is 0.306 e. The van der Waals surface area contributed by atoms with Crippen LogP contribution in [-0.2, 0) is 32.3 Å². The minimum Gasteiger partial charge on any atom is -0.461 e. The van der Waals surface area contributed by atoms with E-state index in [-0.39, 0.29) is 11.9 Å². The van der Waals surface area contributed by atoms with Gasteiger partial charge in [-0.3, -0.25) is 9.59 Å². The van der Waals surface area contributed by atoms with E-state index in [1.807, 2.05) is 48.5 Å². The molecule has 0 aliphatic rings. The van der Waals surface area contributed by atoms with Crippen molar-refractivity contribution in [2.45, 2.75) is 64.6 Å². The van der Waals surface area contributed by atoms with Gasteiger partial charge in [0.15, 0.2) is 0 Å². The van der Waals surface area contributed by atoms with Crippen molar-refractivity contribution < 1.29 is 19.1 Å². The van der Waals surface area contributed by atoms with E-state index in [1.54, 1.807) is 0 Å². The summed E-state index contributed by atoms with van der Waals surface area (Å²) in [6.07, 6.45) is 6.80. The van der Waals surface area contributed by atoms with Crippen molar-refractivity contribution in [3.8, 4) is 0 Å². The fourth-order valence-corrected chi connectivity index (χ4v) is 3.60. The molecule has 0 heterocycles. The van der Waals surface area contributed by atoms with Gasteiger partial charge < -0.3 is 9.47 Å². The van der Waals surface area contributed by atoms with Crippen LogP contribution in [0, 0.1) is 7.14 Å². The zero-order valence-electron chi connectivity index (χ0n) is 17.1. The van der Waals surface area contributed by atoms with Gasteiger partial charge in [-0.05, 0) is 93.4 Å². The molecule has 0 aliphatic heterocycles. The third-order valence-electron chi connectivity index (χ3n) is 4.64. The smallest absolute Gasteiger partial charge is 0.306 e. The largest absolute Gasteiger partial charge is 0.461 e. The van der Waals surface area contributed by atoms with Gasteiger partial charge in [0, 0.05) is 20.0 Å². The van der Waals surface area contributed by atoms with Crippen molar-refractivity contribution in [2.24, 2.45) is 0 Å². The van der Waals surface area contributed by atoms with Gasteiger partial charge in [-0.15, -0.1) is 0 Å². The van der Waals surface area contributed by atoms with Crippen LogP contribution in [0.2, 0.25) is 0 Å². The molecule has 0 saturated heterocycles. The number of hydrogen-bond donors (Lipinski definition) is 0. The minimum atomic E-state index is -0.135. The molecule has 0 aliphatic carbocycles. The highest BCUT2D eigenvalue weighted by atomic mass is 127. The summed E-state index contributed by atoms with van der Waals surface area (Å²) in [5, 5.41) is 0. The van der Waals surface area contributed by atoms with Crippen LogP contribution in [-0.4, -0.2) is 11.9 Å². The molecule has 4 nitrogen and oxygen atoms in total. The second-order valence-corrected chi connectivity index (χ2v) is 9.69. The molecule has 6 heteroatoms. The zero-order valence-corrected chi connectivity index (χ0v) is 21.4. The summed E-state index contributed by atoms with van der Waals surface area (Å²) < 4.78 is 13.0. The number of carbonyl (C=O) groups is 2. The van der Waals surface area contributed by atoms with Crippen LogP contribution in [0.5, 0.6) is 0 Å². The highest BCUT2D eigenvalue weighted by Gasteiger charge is 2.05. The lowest BCUT2D eigenvalue weighted by Gasteiger charge is -2.06. The number of carbonyl (C=O) groups excluding carboxylic acids is 2. The SMILES string of the molecule is O=C(CCCCCCCCC(=O)OCc1ccc(I)cc1)OCc1ccc(I)cc1. The molecule has 0 atom stereocenters.